The first-order valence-electron chi connectivity index (χ1n) is 7.13. The summed E-state index contributed by atoms with van der Waals surface area (Å²) in [6.07, 6.45) is 2.80. The van der Waals surface area contributed by atoms with Crippen LogP contribution in [0.5, 0.6) is 5.75 Å². The number of esters is 1. The number of hydrogen-bond acceptors (Lipinski definition) is 3. The van der Waals surface area contributed by atoms with E-state index in [0.717, 1.165) is 24.9 Å². The fraction of sp³-hybridized carbons (Fsp3) is 0.500. The average molecular weight is 275 g/mol. The summed E-state index contributed by atoms with van der Waals surface area (Å²) >= 11 is 0. The quantitative estimate of drug-likeness (QED) is 0.627. The highest BCUT2D eigenvalue weighted by Gasteiger charge is 2.25. The lowest BCUT2D eigenvalue weighted by Crippen LogP contribution is -2.43. The van der Waals surface area contributed by atoms with E-state index < -0.39 is 0 Å². The highest BCUT2D eigenvalue weighted by atomic mass is 16.5. The molecule has 1 aromatic rings. The molecule has 108 valence electrons. The molecule has 1 aliphatic heterocycles. The molecule has 1 fully saturated rings. The van der Waals surface area contributed by atoms with Gasteiger partial charge in [-0.1, -0.05) is 12.1 Å². The second-order valence-electron chi connectivity index (χ2n) is 5.39. The van der Waals surface area contributed by atoms with Gasteiger partial charge < -0.3 is 9.64 Å². The van der Waals surface area contributed by atoms with E-state index in [2.05, 4.69) is 0 Å². The Kier molecular flexibility index (Phi) is 4.77. The maximum Gasteiger partial charge on any atom is 0.313 e. The number of benzene rings is 1. The minimum absolute atomic E-state index is 0.0971. The summed E-state index contributed by atoms with van der Waals surface area (Å²) in [5.74, 6) is 0.417. The molecule has 0 spiro atoms. The number of amides is 1. The number of carbonyl (C=O) groups is 2. The first-order valence-corrected chi connectivity index (χ1v) is 7.13. The third-order valence-corrected chi connectivity index (χ3v) is 3.58. The summed E-state index contributed by atoms with van der Waals surface area (Å²) in [5, 5.41) is 0. The predicted molar refractivity (Wildman–Crippen MR) is 76.5 cm³/mol. The van der Waals surface area contributed by atoms with Gasteiger partial charge in [0.05, 0.1) is 6.42 Å². The molecular weight excluding hydrogens is 254 g/mol. The van der Waals surface area contributed by atoms with Crippen molar-refractivity contribution in [3.05, 3.63) is 29.8 Å². The van der Waals surface area contributed by atoms with Crippen molar-refractivity contribution in [2.45, 2.75) is 45.6 Å². The molecule has 1 amide bonds. The lowest BCUT2D eigenvalue weighted by atomic mass is 10.1. The molecule has 0 aromatic heterocycles. The van der Waals surface area contributed by atoms with Gasteiger partial charge in [-0.2, -0.15) is 0 Å². The number of aryl methyl sites for hydroxylation is 1. The second-order valence-corrected chi connectivity index (χ2v) is 5.39. The zero-order chi connectivity index (χ0) is 14.5. The molecule has 20 heavy (non-hydrogen) atoms. The lowest BCUT2D eigenvalue weighted by Gasteiger charge is -2.32. The van der Waals surface area contributed by atoms with Gasteiger partial charge in [0.15, 0.2) is 0 Å². The molecule has 2 rings (SSSR count). The Balaban J connectivity index is 1.89. The summed E-state index contributed by atoms with van der Waals surface area (Å²) < 4.78 is 5.32. The van der Waals surface area contributed by atoms with Crippen molar-refractivity contribution in [2.75, 3.05) is 6.54 Å². The highest BCUT2D eigenvalue weighted by Crippen LogP contribution is 2.17. The Bertz CT molecular complexity index is 498. The number of piperidine rings is 1. The highest BCUT2D eigenvalue weighted by molar-refractivity contribution is 5.79. The Hall–Kier alpha value is -1.84. The third kappa shape index (κ3) is 3.83. The Labute approximate surface area is 119 Å². The predicted octanol–water partition coefficient (Wildman–Crippen LogP) is 2.69. The van der Waals surface area contributed by atoms with Crippen LogP contribution in [-0.4, -0.2) is 29.4 Å². The molecule has 1 aliphatic rings. The topological polar surface area (TPSA) is 46.6 Å². The standard InChI is InChI=1S/C16H21NO3/c1-12-6-5-7-14(10-12)20-16(19)11-13(2)17-9-4-3-8-15(17)18/h5-7,10,13H,3-4,8-9,11H2,1-2H3. The van der Waals surface area contributed by atoms with E-state index in [1.807, 2.05) is 32.0 Å². The lowest BCUT2D eigenvalue weighted by molar-refractivity contribution is -0.139. The van der Waals surface area contributed by atoms with Crippen LogP contribution in [0, 0.1) is 6.92 Å². The number of carbonyl (C=O) groups excluding carboxylic acids is 2. The van der Waals surface area contributed by atoms with Crippen molar-refractivity contribution >= 4 is 11.9 Å². The van der Waals surface area contributed by atoms with Gasteiger partial charge in [-0.05, 0) is 44.4 Å². The van der Waals surface area contributed by atoms with Crippen LogP contribution in [-0.2, 0) is 9.59 Å². The van der Waals surface area contributed by atoms with E-state index in [9.17, 15) is 9.59 Å². The summed E-state index contributed by atoms with van der Waals surface area (Å²) in [6.45, 7) is 4.60. The van der Waals surface area contributed by atoms with Crippen LogP contribution < -0.4 is 4.74 Å². The SMILES string of the molecule is Cc1cccc(OC(=O)CC(C)N2CCCCC2=O)c1. The minimum atomic E-state index is -0.290. The zero-order valence-electron chi connectivity index (χ0n) is 12.1. The molecule has 4 heteroatoms. The molecule has 4 nitrogen and oxygen atoms in total. The minimum Gasteiger partial charge on any atom is -0.426 e. The van der Waals surface area contributed by atoms with Crippen molar-refractivity contribution < 1.29 is 14.3 Å². The van der Waals surface area contributed by atoms with E-state index in [0.29, 0.717) is 12.2 Å². The summed E-state index contributed by atoms with van der Waals surface area (Å²) in [4.78, 5) is 25.5. The molecule has 1 unspecified atom stereocenters. The molecule has 1 aromatic carbocycles. The number of likely N-dealkylation sites (tertiary alicyclic amines) is 1. The number of ether oxygens (including phenoxy) is 1. The average Bonchev–Trinajstić information content (AvgIpc) is 2.38. The molecule has 1 saturated heterocycles. The van der Waals surface area contributed by atoms with Crippen molar-refractivity contribution in [3.8, 4) is 5.75 Å². The smallest absolute Gasteiger partial charge is 0.313 e. The van der Waals surface area contributed by atoms with E-state index in [1.165, 1.54) is 0 Å². The van der Waals surface area contributed by atoms with Crippen LogP contribution in [0.15, 0.2) is 24.3 Å². The monoisotopic (exact) mass is 275 g/mol. The van der Waals surface area contributed by atoms with Crippen LogP contribution in [0.3, 0.4) is 0 Å². The van der Waals surface area contributed by atoms with Gasteiger partial charge >= 0.3 is 5.97 Å². The van der Waals surface area contributed by atoms with Gasteiger partial charge in [0.2, 0.25) is 5.91 Å². The summed E-state index contributed by atoms with van der Waals surface area (Å²) in [6, 6.07) is 7.30. The Morgan fingerprint density at radius 1 is 1.40 bits per heavy atom. The van der Waals surface area contributed by atoms with Gasteiger partial charge in [-0.15, -0.1) is 0 Å². The molecule has 0 N–H and O–H groups in total. The van der Waals surface area contributed by atoms with Crippen molar-refractivity contribution in [1.29, 1.82) is 0 Å². The molecular formula is C16H21NO3. The molecule has 0 radical (unpaired) electrons. The van der Waals surface area contributed by atoms with E-state index >= 15 is 0 Å². The summed E-state index contributed by atoms with van der Waals surface area (Å²) in [5.41, 5.74) is 1.05. The van der Waals surface area contributed by atoms with Gasteiger partial charge in [-0.25, -0.2) is 0 Å². The fourth-order valence-electron chi connectivity index (χ4n) is 2.50. The van der Waals surface area contributed by atoms with Crippen LogP contribution in [0.4, 0.5) is 0 Å². The number of nitrogens with zero attached hydrogens (tertiary/aromatic N) is 1. The first-order chi connectivity index (χ1) is 9.56. The molecule has 0 bridgehead atoms. The van der Waals surface area contributed by atoms with Crippen molar-refractivity contribution in [3.63, 3.8) is 0 Å². The van der Waals surface area contributed by atoms with E-state index in [4.69, 9.17) is 4.74 Å². The fourth-order valence-corrected chi connectivity index (χ4v) is 2.50. The van der Waals surface area contributed by atoms with Crippen molar-refractivity contribution in [2.24, 2.45) is 0 Å². The van der Waals surface area contributed by atoms with Gasteiger partial charge in [-0.3, -0.25) is 9.59 Å². The first kappa shape index (κ1) is 14.6. The van der Waals surface area contributed by atoms with Crippen LogP contribution in [0.25, 0.3) is 0 Å². The molecule has 1 heterocycles. The number of rotatable bonds is 4. The molecule has 1 atom stereocenters. The largest absolute Gasteiger partial charge is 0.426 e. The third-order valence-electron chi connectivity index (χ3n) is 3.58. The zero-order valence-corrected chi connectivity index (χ0v) is 12.1. The van der Waals surface area contributed by atoms with Crippen LogP contribution in [0.1, 0.15) is 38.2 Å². The molecule has 0 aliphatic carbocycles. The van der Waals surface area contributed by atoms with Gasteiger partial charge in [0, 0.05) is 19.0 Å². The van der Waals surface area contributed by atoms with E-state index in [-0.39, 0.29) is 24.3 Å². The Morgan fingerprint density at radius 2 is 2.20 bits per heavy atom. The van der Waals surface area contributed by atoms with Crippen LogP contribution >= 0.6 is 0 Å². The van der Waals surface area contributed by atoms with E-state index in [1.54, 1.807) is 11.0 Å². The summed E-state index contributed by atoms with van der Waals surface area (Å²) in [7, 11) is 0. The van der Waals surface area contributed by atoms with Crippen molar-refractivity contribution in [1.82, 2.24) is 4.90 Å². The van der Waals surface area contributed by atoms with Gasteiger partial charge in [0.1, 0.15) is 5.75 Å². The Morgan fingerprint density at radius 3 is 2.90 bits per heavy atom. The maximum absolute atomic E-state index is 11.9. The normalized spacial score (nSPS) is 16.9. The second kappa shape index (κ2) is 6.55. The maximum atomic E-state index is 11.9. The van der Waals surface area contributed by atoms with Crippen LogP contribution in [0.2, 0.25) is 0 Å². The number of hydrogen-bond donors (Lipinski definition) is 0. The molecule has 0 saturated carbocycles. The van der Waals surface area contributed by atoms with Gasteiger partial charge in [0.25, 0.3) is 0 Å².